The van der Waals surface area contributed by atoms with Crippen LogP contribution in [0.15, 0.2) is 12.3 Å². The first-order valence-electron chi connectivity index (χ1n) is 10.3. The molecule has 1 fully saturated rings. The molecule has 0 spiro atoms. The summed E-state index contributed by atoms with van der Waals surface area (Å²) in [6.45, 7) is 6.95. The molecule has 1 amide bonds. The predicted molar refractivity (Wildman–Crippen MR) is 107 cm³/mol. The number of methoxy groups -OCH3 is 2. The average Bonchev–Trinajstić information content (AvgIpc) is 3.12. The molecule has 28 heavy (non-hydrogen) atoms. The number of fused-ring (bicyclic) bond motifs is 1. The summed E-state index contributed by atoms with van der Waals surface area (Å²) < 4.78 is 16.6. The van der Waals surface area contributed by atoms with Crippen molar-refractivity contribution in [1.82, 2.24) is 9.88 Å². The van der Waals surface area contributed by atoms with Gasteiger partial charge in [-0.2, -0.15) is 0 Å². The van der Waals surface area contributed by atoms with Gasteiger partial charge < -0.3 is 19.1 Å². The number of pyridine rings is 1. The summed E-state index contributed by atoms with van der Waals surface area (Å²) in [6.07, 6.45) is 6.53. The van der Waals surface area contributed by atoms with Crippen LogP contribution in [0.1, 0.15) is 50.4 Å². The van der Waals surface area contributed by atoms with Gasteiger partial charge in [0.05, 0.1) is 6.04 Å². The Kier molecular flexibility index (Phi) is 6.73. The molecular formula is C22H34N2O4. The van der Waals surface area contributed by atoms with E-state index in [9.17, 15) is 4.79 Å². The Labute approximate surface area is 168 Å². The molecule has 2 heterocycles. The quantitative estimate of drug-likeness (QED) is 0.454. The highest BCUT2D eigenvalue weighted by Crippen LogP contribution is 2.42. The van der Waals surface area contributed by atoms with E-state index >= 15 is 0 Å². The van der Waals surface area contributed by atoms with Gasteiger partial charge in [0.2, 0.25) is 0 Å². The molecular weight excluding hydrogens is 356 g/mol. The molecule has 0 N–H and O–H groups in total. The summed E-state index contributed by atoms with van der Waals surface area (Å²) in [4.78, 5) is 19.7. The molecule has 0 saturated carbocycles. The number of amides is 1. The van der Waals surface area contributed by atoms with Gasteiger partial charge in [-0.15, -0.1) is 0 Å². The molecule has 0 radical (unpaired) electrons. The zero-order valence-corrected chi connectivity index (χ0v) is 17.9. The number of β-lactam (4-membered cyclic amide) rings is 1. The van der Waals surface area contributed by atoms with Crippen molar-refractivity contribution in [1.29, 1.82) is 0 Å². The number of nitrogens with zero attached hydrogens (tertiary/aromatic N) is 2. The van der Waals surface area contributed by atoms with Crippen LogP contribution in [-0.4, -0.2) is 55.2 Å². The number of rotatable bonds is 10. The third-order valence-electron chi connectivity index (χ3n) is 6.19. The van der Waals surface area contributed by atoms with Crippen LogP contribution in [0, 0.1) is 11.8 Å². The highest BCUT2D eigenvalue weighted by atomic mass is 16.7. The third kappa shape index (κ3) is 3.82. The lowest BCUT2D eigenvalue weighted by atomic mass is 9.74. The Morgan fingerprint density at radius 3 is 2.71 bits per heavy atom. The topological polar surface area (TPSA) is 60.9 Å². The van der Waals surface area contributed by atoms with Gasteiger partial charge in [0.1, 0.15) is 13.5 Å². The maximum atomic E-state index is 13.2. The Balaban J connectivity index is 1.93. The van der Waals surface area contributed by atoms with Crippen molar-refractivity contribution < 1.29 is 19.0 Å². The first kappa shape index (κ1) is 21.2. The van der Waals surface area contributed by atoms with E-state index in [2.05, 4.69) is 26.8 Å². The van der Waals surface area contributed by atoms with Crippen molar-refractivity contribution in [2.75, 3.05) is 27.7 Å². The number of aromatic nitrogens is 1. The van der Waals surface area contributed by atoms with Crippen molar-refractivity contribution in [3.8, 4) is 0 Å². The van der Waals surface area contributed by atoms with E-state index in [1.807, 2.05) is 6.20 Å². The zero-order valence-electron chi connectivity index (χ0n) is 17.9. The highest BCUT2D eigenvalue weighted by Gasteiger charge is 2.62. The van der Waals surface area contributed by atoms with E-state index in [4.69, 9.17) is 19.2 Å². The largest absolute Gasteiger partial charge is 0.364 e. The fourth-order valence-electron chi connectivity index (χ4n) is 4.71. The molecule has 1 aromatic rings. The zero-order chi connectivity index (χ0) is 20.3. The third-order valence-corrected chi connectivity index (χ3v) is 6.19. The number of hydrogen-bond donors (Lipinski definition) is 0. The van der Waals surface area contributed by atoms with Gasteiger partial charge in [-0.25, -0.2) is 0 Å². The normalized spacial score (nSPS) is 26.6. The van der Waals surface area contributed by atoms with Gasteiger partial charge in [-0.05, 0) is 48.3 Å². The molecule has 1 aliphatic carbocycles. The highest BCUT2D eigenvalue weighted by molar-refractivity contribution is 5.93. The van der Waals surface area contributed by atoms with Crippen LogP contribution < -0.4 is 0 Å². The molecule has 1 aromatic heterocycles. The van der Waals surface area contributed by atoms with E-state index in [-0.39, 0.29) is 25.5 Å². The fraction of sp³-hybridized carbons (Fsp3) is 0.727. The smallest absolute Gasteiger partial charge is 0.259 e. The van der Waals surface area contributed by atoms with E-state index in [0.29, 0.717) is 18.3 Å². The first-order chi connectivity index (χ1) is 13.5. The second-order valence-electron chi connectivity index (χ2n) is 8.53. The molecule has 3 atom stereocenters. The molecule has 3 rings (SSSR count). The maximum Gasteiger partial charge on any atom is 0.259 e. The summed E-state index contributed by atoms with van der Waals surface area (Å²) in [5.74, 6) is 1.07. The summed E-state index contributed by atoms with van der Waals surface area (Å²) in [5, 5.41) is 0. The summed E-state index contributed by atoms with van der Waals surface area (Å²) in [5.41, 5.74) is 2.77. The van der Waals surface area contributed by atoms with Crippen molar-refractivity contribution in [2.45, 2.75) is 64.5 Å². The monoisotopic (exact) mass is 390 g/mol. The molecule has 2 unspecified atom stereocenters. The van der Waals surface area contributed by atoms with Crippen LogP contribution >= 0.6 is 0 Å². The number of hydrogen-bond acceptors (Lipinski definition) is 5. The molecule has 6 nitrogen and oxygen atoms in total. The molecule has 1 saturated heterocycles. The standard InChI is InChI=1S/C22H34N2O4/c1-6-16-10-17-7-8-23-19(18(17)11-16)12-22(28-14-27-5)20(9-15(2)3)24(13-26-4)21(22)25/h7-8,15-16,20H,6,9-14H2,1-5H3/t16?,20-,22?/m0/s1. The minimum Gasteiger partial charge on any atom is -0.364 e. The fourth-order valence-corrected chi connectivity index (χ4v) is 4.71. The van der Waals surface area contributed by atoms with E-state index in [0.717, 1.165) is 31.4 Å². The molecule has 1 aliphatic heterocycles. The van der Waals surface area contributed by atoms with Gasteiger partial charge in [-0.1, -0.05) is 27.2 Å². The SMILES string of the molecule is CCC1Cc2ccnc(CC3(OCOC)C(=O)N(COC)[C@H]3CC(C)C)c2C1. The predicted octanol–water partition coefficient (Wildman–Crippen LogP) is 2.97. The van der Waals surface area contributed by atoms with Crippen molar-refractivity contribution in [2.24, 2.45) is 11.8 Å². The summed E-state index contributed by atoms with van der Waals surface area (Å²) >= 11 is 0. The lowest BCUT2D eigenvalue weighted by Crippen LogP contribution is -2.76. The van der Waals surface area contributed by atoms with Gasteiger partial charge in [0.25, 0.3) is 5.91 Å². The summed E-state index contributed by atoms with van der Waals surface area (Å²) in [6, 6.07) is 2.08. The van der Waals surface area contributed by atoms with Crippen molar-refractivity contribution in [3.05, 3.63) is 29.1 Å². The average molecular weight is 391 g/mol. The lowest BCUT2D eigenvalue weighted by molar-refractivity contribution is -0.235. The van der Waals surface area contributed by atoms with E-state index in [1.54, 1.807) is 19.1 Å². The Bertz CT molecular complexity index is 693. The number of carbonyl (C=O) groups excluding carboxylic acids is 1. The van der Waals surface area contributed by atoms with Gasteiger partial charge in [0, 0.05) is 32.5 Å². The maximum absolute atomic E-state index is 13.2. The number of carbonyl (C=O) groups is 1. The Morgan fingerprint density at radius 2 is 2.07 bits per heavy atom. The van der Waals surface area contributed by atoms with Crippen LogP contribution in [-0.2, 0) is 38.3 Å². The second kappa shape index (κ2) is 8.89. The van der Waals surface area contributed by atoms with Gasteiger partial charge in [-0.3, -0.25) is 9.78 Å². The van der Waals surface area contributed by atoms with Gasteiger partial charge in [0.15, 0.2) is 5.60 Å². The Morgan fingerprint density at radius 1 is 1.29 bits per heavy atom. The Hall–Kier alpha value is -1.50. The number of ether oxygens (including phenoxy) is 3. The van der Waals surface area contributed by atoms with E-state index in [1.165, 1.54) is 11.1 Å². The molecule has 2 aliphatic rings. The second-order valence-corrected chi connectivity index (χ2v) is 8.53. The first-order valence-corrected chi connectivity index (χ1v) is 10.3. The lowest BCUT2D eigenvalue weighted by Gasteiger charge is -2.55. The number of likely N-dealkylation sites (tertiary alicyclic amines) is 1. The summed E-state index contributed by atoms with van der Waals surface area (Å²) in [7, 11) is 3.21. The van der Waals surface area contributed by atoms with Crippen LogP contribution in [0.25, 0.3) is 0 Å². The van der Waals surface area contributed by atoms with Crippen LogP contribution in [0.3, 0.4) is 0 Å². The minimum atomic E-state index is -0.925. The minimum absolute atomic E-state index is 0.0264. The van der Waals surface area contributed by atoms with Gasteiger partial charge >= 0.3 is 0 Å². The molecule has 156 valence electrons. The van der Waals surface area contributed by atoms with E-state index < -0.39 is 5.60 Å². The van der Waals surface area contributed by atoms with Crippen LogP contribution in [0.2, 0.25) is 0 Å². The molecule has 6 heteroatoms. The van der Waals surface area contributed by atoms with Crippen LogP contribution in [0.5, 0.6) is 0 Å². The molecule has 0 aromatic carbocycles. The van der Waals surface area contributed by atoms with Crippen molar-refractivity contribution >= 4 is 5.91 Å². The van der Waals surface area contributed by atoms with Crippen LogP contribution in [0.4, 0.5) is 0 Å². The molecule has 0 bridgehead atoms. The van der Waals surface area contributed by atoms with Crippen molar-refractivity contribution in [3.63, 3.8) is 0 Å².